The van der Waals surface area contributed by atoms with Gasteiger partial charge < -0.3 is 15.2 Å². The average Bonchev–Trinajstić information content (AvgIpc) is 2.35. The summed E-state index contributed by atoms with van der Waals surface area (Å²) in [7, 11) is 0. The molecule has 0 aliphatic heterocycles. The minimum absolute atomic E-state index is 0.497. The smallest absolute Gasteiger partial charge is 0.122 e. The summed E-state index contributed by atoms with van der Waals surface area (Å²) in [6.45, 7) is 3.05. The summed E-state index contributed by atoms with van der Waals surface area (Å²) >= 11 is 0. The summed E-state index contributed by atoms with van der Waals surface area (Å²) in [5, 5.41) is 0. The number of aryl methyl sites for hydroxylation is 1. The van der Waals surface area contributed by atoms with Gasteiger partial charge in [0, 0.05) is 11.8 Å². The van der Waals surface area contributed by atoms with E-state index in [1.54, 1.807) is 6.07 Å². The molecule has 2 rings (SSSR count). The summed E-state index contributed by atoms with van der Waals surface area (Å²) < 4.78 is 11.1. The zero-order valence-corrected chi connectivity index (χ0v) is 10.4. The van der Waals surface area contributed by atoms with Crippen molar-refractivity contribution in [3.05, 3.63) is 54.1 Å². The highest BCUT2D eigenvalue weighted by atomic mass is 16.5. The number of hydrogen-bond donors (Lipinski definition) is 1. The van der Waals surface area contributed by atoms with E-state index < -0.39 is 0 Å². The standard InChI is InChI=1S/C15H17NO2/c1-12-4-2-6-14(10-12)17-8-9-18-15-7-3-5-13(16)11-15/h2-7,10-11H,8-9,16H2,1H3. The molecule has 3 nitrogen and oxygen atoms in total. The van der Waals surface area contributed by atoms with Crippen molar-refractivity contribution >= 4 is 5.69 Å². The number of hydrogen-bond acceptors (Lipinski definition) is 3. The van der Waals surface area contributed by atoms with Crippen LogP contribution in [0.5, 0.6) is 11.5 Å². The van der Waals surface area contributed by atoms with Gasteiger partial charge in [-0.25, -0.2) is 0 Å². The maximum absolute atomic E-state index is 5.66. The zero-order valence-electron chi connectivity index (χ0n) is 10.4. The van der Waals surface area contributed by atoms with E-state index in [0.29, 0.717) is 18.9 Å². The van der Waals surface area contributed by atoms with Gasteiger partial charge in [0.1, 0.15) is 24.7 Å². The average molecular weight is 243 g/mol. The van der Waals surface area contributed by atoms with Gasteiger partial charge in [-0.1, -0.05) is 18.2 Å². The molecule has 0 bridgehead atoms. The third-order valence-corrected chi connectivity index (χ3v) is 2.47. The lowest BCUT2D eigenvalue weighted by molar-refractivity contribution is 0.217. The Morgan fingerprint density at radius 1 is 0.889 bits per heavy atom. The second kappa shape index (κ2) is 5.96. The molecule has 0 fully saturated rings. The summed E-state index contributed by atoms with van der Waals surface area (Å²) in [5.74, 6) is 1.63. The molecule has 2 N–H and O–H groups in total. The molecule has 0 radical (unpaired) electrons. The highest BCUT2D eigenvalue weighted by Crippen LogP contribution is 2.15. The van der Waals surface area contributed by atoms with Gasteiger partial charge in [0.05, 0.1) is 0 Å². The molecule has 0 unspecified atom stereocenters. The van der Waals surface area contributed by atoms with E-state index in [0.717, 1.165) is 11.5 Å². The monoisotopic (exact) mass is 243 g/mol. The van der Waals surface area contributed by atoms with Crippen LogP contribution in [-0.2, 0) is 0 Å². The van der Waals surface area contributed by atoms with Crippen LogP contribution in [0.2, 0.25) is 0 Å². The zero-order chi connectivity index (χ0) is 12.8. The van der Waals surface area contributed by atoms with Crippen molar-refractivity contribution in [3.63, 3.8) is 0 Å². The normalized spacial score (nSPS) is 10.1. The topological polar surface area (TPSA) is 44.5 Å². The first-order chi connectivity index (χ1) is 8.74. The summed E-state index contributed by atoms with van der Waals surface area (Å²) in [6.07, 6.45) is 0. The van der Waals surface area contributed by atoms with Crippen molar-refractivity contribution in [1.29, 1.82) is 0 Å². The Bertz CT molecular complexity index is 464. The van der Waals surface area contributed by atoms with Gasteiger partial charge >= 0.3 is 0 Å². The minimum Gasteiger partial charge on any atom is -0.490 e. The predicted molar refractivity (Wildman–Crippen MR) is 73.0 cm³/mol. The Balaban J connectivity index is 1.76. The summed E-state index contributed by atoms with van der Waals surface area (Å²) in [5.41, 5.74) is 7.54. The molecule has 3 heteroatoms. The second-order valence-corrected chi connectivity index (χ2v) is 4.09. The van der Waals surface area contributed by atoms with E-state index in [-0.39, 0.29) is 0 Å². The first-order valence-electron chi connectivity index (χ1n) is 5.92. The van der Waals surface area contributed by atoms with E-state index in [4.69, 9.17) is 15.2 Å². The maximum Gasteiger partial charge on any atom is 0.122 e. The molecule has 0 saturated carbocycles. The number of nitrogen functional groups attached to an aromatic ring is 1. The molecule has 18 heavy (non-hydrogen) atoms. The van der Waals surface area contributed by atoms with Crippen LogP contribution >= 0.6 is 0 Å². The van der Waals surface area contributed by atoms with Crippen molar-refractivity contribution < 1.29 is 9.47 Å². The lowest BCUT2D eigenvalue weighted by Gasteiger charge is -2.09. The summed E-state index contributed by atoms with van der Waals surface area (Å²) in [6, 6.07) is 15.3. The molecular formula is C15H17NO2. The minimum atomic E-state index is 0.497. The SMILES string of the molecule is Cc1cccc(OCCOc2cccc(N)c2)c1. The molecule has 2 aromatic rings. The molecule has 0 aliphatic carbocycles. The predicted octanol–water partition coefficient (Wildman–Crippen LogP) is 3.04. The largest absolute Gasteiger partial charge is 0.490 e. The molecule has 0 aromatic heterocycles. The van der Waals surface area contributed by atoms with Crippen LogP contribution in [0, 0.1) is 6.92 Å². The highest BCUT2D eigenvalue weighted by molar-refractivity contribution is 5.43. The van der Waals surface area contributed by atoms with E-state index in [2.05, 4.69) is 0 Å². The number of benzene rings is 2. The molecule has 0 spiro atoms. The van der Waals surface area contributed by atoms with E-state index in [1.165, 1.54) is 5.56 Å². The molecular weight excluding hydrogens is 226 g/mol. The van der Waals surface area contributed by atoms with Gasteiger partial charge in [-0.2, -0.15) is 0 Å². The fourth-order valence-electron chi connectivity index (χ4n) is 1.63. The van der Waals surface area contributed by atoms with E-state index >= 15 is 0 Å². The van der Waals surface area contributed by atoms with Gasteiger partial charge in [-0.3, -0.25) is 0 Å². The molecule has 0 heterocycles. The second-order valence-electron chi connectivity index (χ2n) is 4.09. The van der Waals surface area contributed by atoms with Crippen LogP contribution in [0.15, 0.2) is 48.5 Å². The molecule has 0 aliphatic rings. The van der Waals surface area contributed by atoms with Crippen LogP contribution in [0.3, 0.4) is 0 Å². The fourth-order valence-corrected chi connectivity index (χ4v) is 1.63. The van der Waals surface area contributed by atoms with E-state index in [1.807, 2.05) is 49.4 Å². The number of anilines is 1. The van der Waals surface area contributed by atoms with Crippen LogP contribution in [0.25, 0.3) is 0 Å². The molecule has 2 aromatic carbocycles. The Morgan fingerprint density at radius 2 is 1.50 bits per heavy atom. The van der Waals surface area contributed by atoms with Crippen molar-refractivity contribution in [2.75, 3.05) is 18.9 Å². The molecule has 0 amide bonds. The van der Waals surface area contributed by atoms with Crippen LogP contribution in [-0.4, -0.2) is 13.2 Å². The van der Waals surface area contributed by atoms with Gasteiger partial charge in [0.15, 0.2) is 0 Å². The Labute approximate surface area is 107 Å². The van der Waals surface area contributed by atoms with Gasteiger partial charge in [-0.05, 0) is 36.8 Å². The lowest BCUT2D eigenvalue weighted by atomic mass is 10.2. The van der Waals surface area contributed by atoms with Gasteiger partial charge in [0.25, 0.3) is 0 Å². The van der Waals surface area contributed by atoms with Crippen molar-refractivity contribution in [3.8, 4) is 11.5 Å². The fraction of sp³-hybridized carbons (Fsp3) is 0.200. The van der Waals surface area contributed by atoms with Crippen molar-refractivity contribution in [2.45, 2.75) is 6.92 Å². The third kappa shape index (κ3) is 3.70. The third-order valence-electron chi connectivity index (χ3n) is 2.47. The highest BCUT2D eigenvalue weighted by Gasteiger charge is 1.96. The van der Waals surface area contributed by atoms with Crippen molar-refractivity contribution in [1.82, 2.24) is 0 Å². The first-order valence-corrected chi connectivity index (χ1v) is 5.92. The van der Waals surface area contributed by atoms with Crippen molar-refractivity contribution in [2.24, 2.45) is 0 Å². The molecule has 0 atom stereocenters. The maximum atomic E-state index is 5.66. The Morgan fingerprint density at radius 3 is 2.11 bits per heavy atom. The van der Waals surface area contributed by atoms with Gasteiger partial charge in [0.2, 0.25) is 0 Å². The number of rotatable bonds is 5. The van der Waals surface area contributed by atoms with Crippen LogP contribution < -0.4 is 15.2 Å². The Kier molecular flexibility index (Phi) is 4.07. The van der Waals surface area contributed by atoms with Crippen LogP contribution in [0.4, 0.5) is 5.69 Å². The summed E-state index contributed by atoms with van der Waals surface area (Å²) in [4.78, 5) is 0. The van der Waals surface area contributed by atoms with Crippen LogP contribution in [0.1, 0.15) is 5.56 Å². The van der Waals surface area contributed by atoms with E-state index in [9.17, 15) is 0 Å². The molecule has 0 saturated heterocycles. The first kappa shape index (κ1) is 12.3. The quantitative estimate of drug-likeness (QED) is 0.648. The van der Waals surface area contributed by atoms with Gasteiger partial charge in [-0.15, -0.1) is 0 Å². The number of nitrogens with two attached hydrogens (primary N) is 1. The lowest BCUT2D eigenvalue weighted by Crippen LogP contribution is -2.09. The Hall–Kier alpha value is -2.16. The number of ether oxygens (including phenoxy) is 2. The molecule has 94 valence electrons.